The molecule has 0 unspecified atom stereocenters. The molecule has 0 radical (unpaired) electrons. The SMILES string of the molecule is Cc1nc2ncnn2c(C)c1CCC(=O)N(C)Cc1ccc(Cl)c(Cl)c1. The van der Waals surface area contributed by atoms with E-state index in [-0.39, 0.29) is 5.91 Å². The quantitative estimate of drug-likeness (QED) is 0.665. The predicted molar refractivity (Wildman–Crippen MR) is 102 cm³/mol. The maximum atomic E-state index is 12.5. The molecule has 3 rings (SSSR count). The summed E-state index contributed by atoms with van der Waals surface area (Å²) in [5.41, 5.74) is 3.81. The number of nitrogens with zero attached hydrogens (tertiary/aromatic N) is 5. The van der Waals surface area contributed by atoms with Gasteiger partial charge in [-0.15, -0.1) is 0 Å². The highest BCUT2D eigenvalue weighted by molar-refractivity contribution is 6.42. The summed E-state index contributed by atoms with van der Waals surface area (Å²) in [5.74, 6) is 0.625. The van der Waals surface area contributed by atoms with Crippen LogP contribution in [0.25, 0.3) is 5.78 Å². The lowest BCUT2D eigenvalue weighted by Crippen LogP contribution is -2.26. The number of benzene rings is 1. The monoisotopic (exact) mass is 391 g/mol. The standard InChI is InChI=1S/C18H19Cl2N5O/c1-11-14(12(2)25-18(23-11)21-10-22-25)5-7-17(26)24(3)9-13-4-6-15(19)16(20)8-13/h4,6,8,10H,5,7,9H2,1-3H3. The molecule has 0 spiro atoms. The number of aryl methyl sites for hydroxylation is 2. The van der Waals surface area contributed by atoms with Gasteiger partial charge in [0.05, 0.1) is 10.0 Å². The van der Waals surface area contributed by atoms with Crippen molar-refractivity contribution in [2.45, 2.75) is 33.2 Å². The first-order chi connectivity index (χ1) is 12.4. The van der Waals surface area contributed by atoms with Crippen molar-refractivity contribution in [2.24, 2.45) is 0 Å². The van der Waals surface area contributed by atoms with Crippen LogP contribution in [0.5, 0.6) is 0 Å². The van der Waals surface area contributed by atoms with Gasteiger partial charge in [0.15, 0.2) is 0 Å². The van der Waals surface area contributed by atoms with E-state index in [0.29, 0.717) is 35.2 Å². The minimum Gasteiger partial charge on any atom is -0.341 e. The molecule has 0 N–H and O–H groups in total. The first-order valence-electron chi connectivity index (χ1n) is 8.20. The Bertz CT molecular complexity index is 970. The Morgan fingerprint density at radius 3 is 2.73 bits per heavy atom. The minimum absolute atomic E-state index is 0.0496. The molecule has 0 saturated heterocycles. The second-order valence-electron chi connectivity index (χ2n) is 6.23. The van der Waals surface area contributed by atoms with Crippen LogP contribution in [0.2, 0.25) is 10.0 Å². The number of fused-ring (bicyclic) bond motifs is 1. The van der Waals surface area contributed by atoms with E-state index >= 15 is 0 Å². The summed E-state index contributed by atoms with van der Waals surface area (Å²) in [7, 11) is 1.78. The van der Waals surface area contributed by atoms with Gasteiger partial charge in [0.25, 0.3) is 5.78 Å². The smallest absolute Gasteiger partial charge is 0.252 e. The minimum atomic E-state index is 0.0496. The summed E-state index contributed by atoms with van der Waals surface area (Å²) in [6.07, 6.45) is 2.47. The van der Waals surface area contributed by atoms with Gasteiger partial charge in [-0.25, -0.2) is 9.50 Å². The Kier molecular flexibility index (Phi) is 5.44. The van der Waals surface area contributed by atoms with E-state index in [1.165, 1.54) is 6.33 Å². The van der Waals surface area contributed by atoms with Crippen molar-refractivity contribution in [2.75, 3.05) is 7.05 Å². The molecule has 8 heteroatoms. The van der Waals surface area contributed by atoms with Crippen LogP contribution in [0, 0.1) is 13.8 Å². The second-order valence-corrected chi connectivity index (χ2v) is 7.05. The molecule has 6 nitrogen and oxygen atoms in total. The summed E-state index contributed by atoms with van der Waals surface area (Å²) >= 11 is 12.0. The number of aromatic nitrogens is 4. The van der Waals surface area contributed by atoms with Crippen molar-refractivity contribution in [1.82, 2.24) is 24.5 Å². The summed E-state index contributed by atoms with van der Waals surface area (Å²) < 4.78 is 1.70. The van der Waals surface area contributed by atoms with Gasteiger partial charge >= 0.3 is 0 Å². The van der Waals surface area contributed by atoms with Crippen LogP contribution >= 0.6 is 23.2 Å². The van der Waals surface area contributed by atoms with Crippen molar-refractivity contribution in [3.63, 3.8) is 0 Å². The van der Waals surface area contributed by atoms with Gasteiger partial charge < -0.3 is 4.90 Å². The summed E-state index contributed by atoms with van der Waals surface area (Å²) in [6.45, 7) is 4.38. The maximum Gasteiger partial charge on any atom is 0.252 e. The van der Waals surface area contributed by atoms with Crippen LogP contribution in [0.15, 0.2) is 24.5 Å². The van der Waals surface area contributed by atoms with Crippen molar-refractivity contribution in [3.05, 3.63) is 57.1 Å². The Hall–Kier alpha value is -2.18. The van der Waals surface area contributed by atoms with Gasteiger partial charge in [0, 0.05) is 31.4 Å². The van der Waals surface area contributed by atoms with Gasteiger partial charge in [-0.3, -0.25) is 4.79 Å². The largest absolute Gasteiger partial charge is 0.341 e. The van der Waals surface area contributed by atoms with E-state index in [2.05, 4.69) is 15.1 Å². The molecule has 2 aromatic heterocycles. The van der Waals surface area contributed by atoms with Gasteiger partial charge in [-0.05, 0) is 43.5 Å². The Labute approximate surface area is 161 Å². The lowest BCUT2D eigenvalue weighted by molar-refractivity contribution is -0.130. The number of hydrogen-bond acceptors (Lipinski definition) is 4. The third-order valence-electron chi connectivity index (χ3n) is 4.41. The van der Waals surface area contributed by atoms with Crippen molar-refractivity contribution < 1.29 is 4.79 Å². The molecule has 1 aromatic carbocycles. The van der Waals surface area contributed by atoms with Crippen molar-refractivity contribution in [3.8, 4) is 0 Å². The summed E-state index contributed by atoms with van der Waals surface area (Å²) in [5, 5.41) is 5.17. The van der Waals surface area contributed by atoms with E-state index < -0.39 is 0 Å². The summed E-state index contributed by atoms with van der Waals surface area (Å²) in [4.78, 5) is 22.8. The van der Waals surface area contributed by atoms with E-state index in [0.717, 1.165) is 22.5 Å². The first kappa shape index (κ1) is 18.6. The van der Waals surface area contributed by atoms with Crippen LogP contribution in [0.4, 0.5) is 0 Å². The number of amides is 1. The zero-order valence-corrected chi connectivity index (χ0v) is 16.3. The fourth-order valence-corrected chi connectivity index (χ4v) is 3.26. The Morgan fingerprint density at radius 2 is 2.00 bits per heavy atom. The van der Waals surface area contributed by atoms with Crippen LogP contribution in [-0.2, 0) is 17.8 Å². The van der Waals surface area contributed by atoms with Crippen LogP contribution < -0.4 is 0 Å². The van der Waals surface area contributed by atoms with Gasteiger partial charge in [0.2, 0.25) is 5.91 Å². The van der Waals surface area contributed by atoms with Crippen LogP contribution in [-0.4, -0.2) is 37.4 Å². The third-order valence-corrected chi connectivity index (χ3v) is 5.15. The van der Waals surface area contributed by atoms with Gasteiger partial charge in [-0.1, -0.05) is 29.3 Å². The van der Waals surface area contributed by atoms with E-state index in [1.807, 2.05) is 19.9 Å². The third kappa shape index (κ3) is 3.81. The normalized spacial score (nSPS) is 11.1. The van der Waals surface area contributed by atoms with E-state index in [4.69, 9.17) is 23.2 Å². The molecule has 0 aliphatic carbocycles. The Morgan fingerprint density at radius 1 is 1.23 bits per heavy atom. The molecule has 0 bridgehead atoms. The highest BCUT2D eigenvalue weighted by Crippen LogP contribution is 2.23. The van der Waals surface area contributed by atoms with Crippen LogP contribution in [0.1, 0.15) is 28.9 Å². The number of rotatable bonds is 5. The fraction of sp³-hybridized carbons (Fsp3) is 0.333. The van der Waals surface area contributed by atoms with E-state index in [9.17, 15) is 4.79 Å². The molecule has 0 fully saturated rings. The average Bonchev–Trinajstić information content (AvgIpc) is 3.06. The Balaban J connectivity index is 1.67. The molecule has 3 aromatic rings. The van der Waals surface area contributed by atoms with Crippen molar-refractivity contribution >= 4 is 34.9 Å². The molecule has 2 heterocycles. The van der Waals surface area contributed by atoms with E-state index in [1.54, 1.807) is 28.6 Å². The zero-order chi connectivity index (χ0) is 18.8. The molecule has 0 saturated carbocycles. The van der Waals surface area contributed by atoms with Gasteiger partial charge in [-0.2, -0.15) is 10.1 Å². The lowest BCUT2D eigenvalue weighted by atomic mass is 10.1. The predicted octanol–water partition coefficient (Wildman–Crippen LogP) is 3.64. The molecule has 26 heavy (non-hydrogen) atoms. The molecular formula is C18H19Cl2N5O. The van der Waals surface area contributed by atoms with Crippen molar-refractivity contribution in [1.29, 1.82) is 0 Å². The first-order valence-corrected chi connectivity index (χ1v) is 8.96. The molecular weight excluding hydrogens is 373 g/mol. The number of carbonyl (C=O) groups excluding carboxylic acids is 1. The maximum absolute atomic E-state index is 12.5. The highest BCUT2D eigenvalue weighted by atomic mass is 35.5. The number of halogens is 2. The molecule has 136 valence electrons. The van der Waals surface area contributed by atoms with Gasteiger partial charge in [0.1, 0.15) is 6.33 Å². The fourth-order valence-electron chi connectivity index (χ4n) is 2.94. The second kappa shape index (κ2) is 7.60. The number of carbonyl (C=O) groups is 1. The molecule has 0 aliphatic heterocycles. The average molecular weight is 392 g/mol. The highest BCUT2D eigenvalue weighted by Gasteiger charge is 2.15. The lowest BCUT2D eigenvalue weighted by Gasteiger charge is -2.18. The zero-order valence-electron chi connectivity index (χ0n) is 14.8. The molecule has 0 aliphatic rings. The topological polar surface area (TPSA) is 63.4 Å². The summed E-state index contributed by atoms with van der Waals surface area (Å²) in [6, 6.07) is 5.39. The van der Waals surface area contributed by atoms with Crippen LogP contribution in [0.3, 0.4) is 0 Å². The molecule has 1 amide bonds. The number of hydrogen-bond donors (Lipinski definition) is 0. The molecule has 0 atom stereocenters.